The summed E-state index contributed by atoms with van der Waals surface area (Å²) in [4.78, 5) is 1.47. The third kappa shape index (κ3) is 3.94. The third-order valence-electron chi connectivity index (χ3n) is 3.02. The molecule has 4 nitrogen and oxygen atoms in total. The van der Waals surface area contributed by atoms with E-state index in [2.05, 4.69) is 12.2 Å². The van der Waals surface area contributed by atoms with Gasteiger partial charge in [0.25, 0.3) is 0 Å². The van der Waals surface area contributed by atoms with Crippen molar-refractivity contribution in [2.75, 3.05) is 24.5 Å². The van der Waals surface area contributed by atoms with E-state index in [4.69, 9.17) is 10.5 Å². The number of para-hydroxylation sites is 1. The van der Waals surface area contributed by atoms with E-state index < -0.39 is 5.82 Å². The first-order valence-electron chi connectivity index (χ1n) is 6.66. The Balaban J connectivity index is 3.15. The molecule has 1 unspecified atom stereocenters. The highest BCUT2D eigenvalue weighted by Crippen LogP contribution is 2.29. The standard InChI is InChI=1S/C15H19FN4/c1-3-9-19-12(2)13-5-4-6-14(16)15(13)20(10-7-17)11-8-18/h4-6,12,19H,3,9-11H2,1-2H3. The van der Waals surface area contributed by atoms with Gasteiger partial charge in [0, 0.05) is 6.04 Å². The summed E-state index contributed by atoms with van der Waals surface area (Å²) in [5.41, 5.74) is 1.11. The molecule has 20 heavy (non-hydrogen) atoms. The number of nitriles is 2. The average Bonchev–Trinajstić information content (AvgIpc) is 2.44. The van der Waals surface area contributed by atoms with Crippen molar-refractivity contribution in [3.05, 3.63) is 29.6 Å². The number of halogens is 1. The predicted octanol–water partition coefficient (Wildman–Crippen LogP) is 2.74. The van der Waals surface area contributed by atoms with Gasteiger partial charge in [0.1, 0.15) is 18.9 Å². The Morgan fingerprint density at radius 3 is 2.50 bits per heavy atom. The van der Waals surface area contributed by atoms with Crippen LogP contribution in [-0.4, -0.2) is 19.6 Å². The fraction of sp³-hybridized carbons (Fsp3) is 0.467. The summed E-state index contributed by atoms with van der Waals surface area (Å²) in [5.74, 6) is -0.404. The molecule has 0 saturated carbocycles. The molecule has 0 amide bonds. The number of hydrogen-bond acceptors (Lipinski definition) is 4. The van der Waals surface area contributed by atoms with E-state index in [0.29, 0.717) is 5.69 Å². The predicted molar refractivity (Wildman–Crippen MR) is 76.5 cm³/mol. The minimum Gasteiger partial charge on any atom is -0.342 e. The molecular weight excluding hydrogens is 255 g/mol. The van der Waals surface area contributed by atoms with Gasteiger partial charge in [-0.3, -0.25) is 0 Å². The molecule has 1 aromatic carbocycles. The van der Waals surface area contributed by atoms with E-state index in [0.717, 1.165) is 18.5 Å². The van der Waals surface area contributed by atoms with Crippen molar-refractivity contribution in [1.82, 2.24) is 5.32 Å². The average molecular weight is 274 g/mol. The molecule has 1 atom stereocenters. The number of nitrogens with zero attached hydrogens (tertiary/aromatic N) is 3. The Hall–Kier alpha value is -2.11. The summed E-state index contributed by atoms with van der Waals surface area (Å²) < 4.78 is 14.1. The van der Waals surface area contributed by atoms with Crippen molar-refractivity contribution in [1.29, 1.82) is 10.5 Å². The zero-order valence-corrected chi connectivity index (χ0v) is 11.9. The zero-order valence-electron chi connectivity index (χ0n) is 11.9. The fourth-order valence-electron chi connectivity index (χ4n) is 2.07. The first-order valence-corrected chi connectivity index (χ1v) is 6.66. The van der Waals surface area contributed by atoms with Gasteiger partial charge < -0.3 is 10.2 Å². The lowest BCUT2D eigenvalue weighted by molar-refractivity contribution is 0.560. The van der Waals surface area contributed by atoms with Crippen LogP contribution >= 0.6 is 0 Å². The Morgan fingerprint density at radius 1 is 1.30 bits per heavy atom. The lowest BCUT2D eigenvalue weighted by Crippen LogP contribution is -2.28. The Bertz CT molecular complexity index is 500. The maximum atomic E-state index is 14.1. The van der Waals surface area contributed by atoms with E-state index in [-0.39, 0.29) is 19.1 Å². The van der Waals surface area contributed by atoms with Gasteiger partial charge in [-0.1, -0.05) is 19.1 Å². The number of nitrogens with one attached hydrogen (secondary N) is 1. The van der Waals surface area contributed by atoms with Gasteiger partial charge >= 0.3 is 0 Å². The number of hydrogen-bond donors (Lipinski definition) is 1. The molecule has 5 heteroatoms. The molecule has 1 rings (SSSR count). The van der Waals surface area contributed by atoms with E-state index in [1.54, 1.807) is 6.07 Å². The van der Waals surface area contributed by atoms with Crippen LogP contribution in [0.3, 0.4) is 0 Å². The maximum Gasteiger partial charge on any atom is 0.146 e. The van der Waals surface area contributed by atoms with E-state index in [1.165, 1.54) is 11.0 Å². The van der Waals surface area contributed by atoms with Crippen LogP contribution in [0.15, 0.2) is 18.2 Å². The van der Waals surface area contributed by atoms with E-state index >= 15 is 0 Å². The van der Waals surface area contributed by atoms with Crippen molar-refractivity contribution < 1.29 is 4.39 Å². The van der Waals surface area contributed by atoms with E-state index in [1.807, 2.05) is 25.1 Å². The summed E-state index contributed by atoms with van der Waals surface area (Å²) in [5, 5.41) is 21.0. The van der Waals surface area contributed by atoms with Gasteiger partial charge in [0.2, 0.25) is 0 Å². The zero-order chi connectivity index (χ0) is 15.0. The normalized spacial score (nSPS) is 11.4. The lowest BCUT2D eigenvalue weighted by Gasteiger charge is -2.25. The second-order valence-electron chi connectivity index (χ2n) is 4.53. The largest absolute Gasteiger partial charge is 0.342 e. The summed E-state index contributed by atoms with van der Waals surface area (Å²) >= 11 is 0. The summed E-state index contributed by atoms with van der Waals surface area (Å²) in [6, 6.07) is 8.74. The highest BCUT2D eigenvalue weighted by molar-refractivity contribution is 5.57. The monoisotopic (exact) mass is 274 g/mol. The molecule has 0 aromatic heterocycles. The topological polar surface area (TPSA) is 62.9 Å². The van der Waals surface area contributed by atoms with Gasteiger partial charge in [-0.2, -0.15) is 10.5 Å². The first kappa shape index (κ1) is 15.9. The SMILES string of the molecule is CCCNC(C)c1cccc(F)c1N(CC#N)CC#N. The maximum absolute atomic E-state index is 14.1. The van der Waals surface area contributed by atoms with Crippen LogP contribution in [0.5, 0.6) is 0 Å². The molecule has 0 heterocycles. The van der Waals surface area contributed by atoms with Gasteiger partial charge in [-0.15, -0.1) is 0 Å². The molecule has 0 fully saturated rings. The van der Waals surface area contributed by atoms with Crippen molar-refractivity contribution in [3.8, 4) is 12.1 Å². The van der Waals surface area contributed by atoms with Crippen molar-refractivity contribution >= 4 is 5.69 Å². The van der Waals surface area contributed by atoms with Gasteiger partial charge in [0.05, 0.1) is 17.8 Å². The van der Waals surface area contributed by atoms with Crippen LogP contribution in [0, 0.1) is 28.5 Å². The van der Waals surface area contributed by atoms with Gasteiger partial charge in [-0.25, -0.2) is 4.39 Å². The molecule has 0 spiro atoms. The second kappa shape index (κ2) is 8.14. The summed E-state index contributed by atoms with van der Waals surface area (Å²) in [7, 11) is 0. The molecular formula is C15H19FN4. The third-order valence-corrected chi connectivity index (χ3v) is 3.02. The molecule has 0 bridgehead atoms. The smallest absolute Gasteiger partial charge is 0.146 e. The summed E-state index contributed by atoms with van der Waals surface area (Å²) in [6.07, 6.45) is 0.981. The lowest BCUT2D eigenvalue weighted by atomic mass is 10.0. The quantitative estimate of drug-likeness (QED) is 0.776. The number of anilines is 1. The number of benzene rings is 1. The van der Waals surface area contributed by atoms with Gasteiger partial charge in [0.15, 0.2) is 0 Å². The molecule has 0 aliphatic rings. The molecule has 0 aliphatic heterocycles. The van der Waals surface area contributed by atoms with Crippen molar-refractivity contribution in [3.63, 3.8) is 0 Å². The first-order chi connectivity index (χ1) is 9.65. The minimum absolute atomic E-state index is 0.0119. The summed E-state index contributed by atoms with van der Waals surface area (Å²) in [6.45, 7) is 4.81. The van der Waals surface area contributed by atoms with Crippen LogP contribution in [0.2, 0.25) is 0 Å². The van der Waals surface area contributed by atoms with Crippen LogP contribution < -0.4 is 10.2 Å². The van der Waals surface area contributed by atoms with Crippen LogP contribution in [0.4, 0.5) is 10.1 Å². The van der Waals surface area contributed by atoms with Crippen molar-refractivity contribution in [2.24, 2.45) is 0 Å². The Labute approximate surface area is 119 Å². The molecule has 0 radical (unpaired) electrons. The molecule has 0 aliphatic carbocycles. The van der Waals surface area contributed by atoms with Crippen LogP contribution in [0.25, 0.3) is 0 Å². The molecule has 1 aromatic rings. The van der Waals surface area contributed by atoms with Crippen molar-refractivity contribution in [2.45, 2.75) is 26.3 Å². The molecule has 1 N–H and O–H groups in total. The fourth-order valence-corrected chi connectivity index (χ4v) is 2.07. The molecule has 106 valence electrons. The van der Waals surface area contributed by atoms with Crippen LogP contribution in [0.1, 0.15) is 31.9 Å². The highest BCUT2D eigenvalue weighted by atomic mass is 19.1. The van der Waals surface area contributed by atoms with E-state index in [9.17, 15) is 4.39 Å². The molecule has 0 saturated heterocycles. The Morgan fingerprint density at radius 2 is 1.95 bits per heavy atom. The number of rotatable bonds is 7. The van der Waals surface area contributed by atoms with Gasteiger partial charge in [-0.05, 0) is 31.5 Å². The minimum atomic E-state index is -0.404. The Kier molecular flexibility index (Phi) is 6.49. The second-order valence-corrected chi connectivity index (χ2v) is 4.53. The highest BCUT2D eigenvalue weighted by Gasteiger charge is 2.19. The van der Waals surface area contributed by atoms with Crippen LogP contribution in [-0.2, 0) is 0 Å².